The lowest BCUT2D eigenvalue weighted by Gasteiger charge is -2.13. The first kappa shape index (κ1) is 18.0. The van der Waals surface area contributed by atoms with Crippen LogP contribution in [-0.4, -0.2) is 17.2 Å². The van der Waals surface area contributed by atoms with E-state index >= 15 is 0 Å². The minimum absolute atomic E-state index is 0.157. The van der Waals surface area contributed by atoms with Crippen LogP contribution >= 0.6 is 15.9 Å². The van der Waals surface area contributed by atoms with Crippen molar-refractivity contribution in [2.75, 3.05) is 0 Å². The molecule has 2 aromatic rings. The topological polar surface area (TPSA) is 87.2 Å². The Morgan fingerprint density at radius 1 is 1.21 bits per heavy atom. The summed E-state index contributed by atoms with van der Waals surface area (Å²) in [5.41, 5.74) is 7.77. The smallest absolute Gasteiger partial charge is 0.412 e. The Hall–Kier alpha value is -2.31. The van der Waals surface area contributed by atoms with Crippen molar-refractivity contribution in [3.8, 4) is 0 Å². The number of halogens is 1. The minimum atomic E-state index is -0.631. The summed E-state index contributed by atoms with van der Waals surface area (Å²) in [6, 6.07) is 16.1. The van der Waals surface area contributed by atoms with Crippen LogP contribution in [0.5, 0.6) is 0 Å². The number of hydrogen-bond donors (Lipinski definition) is 2. The number of carbonyl (C=O) groups excluding carboxylic acids is 1. The molecule has 0 heterocycles. The highest BCUT2D eigenvalue weighted by atomic mass is 79.9. The van der Waals surface area contributed by atoms with Crippen LogP contribution < -0.4 is 11.1 Å². The number of ether oxygens (including phenoxy) is 1. The normalized spacial score (nSPS) is 13.0. The van der Waals surface area contributed by atoms with Crippen LogP contribution in [0.1, 0.15) is 18.1 Å². The summed E-state index contributed by atoms with van der Waals surface area (Å²) in [6.07, 6.45) is -0.631. The number of nitrogens with one attached hydrogen (secondary N) is 1. The third-order valence-electron chi connectivity index (χ3n) is 3.31. The molecule has 0 radical (unpaired) electrons. The molecule has 1 atom stereocenters. The molecule has 0 aromatic heterocycles. The summed E-state index contributed by atoms with van der Waals surface area (Å²) in [7, 11) is 0. The predicted molar refractivity (Wildman–Crippen MR) is 98.1 cm³/mol. The molecule has 6 heteroatoms. The largest absolute Gasteiger partial charge is 0.592 e. The van der Waals surface area contributed by atoms with Crippen LogP contribution in [0.4, 0.5) is 4.79 Å². The maximum absolute atomic E-state index is 12.0. The zero-order valence-corrected chi connectivity index (χ0v) is 14.8. The van der Waals surface area contributed by atoms with Gasteiger partial charge in [0.2, 0.25) is 0 Å². The van der Waals surface area contributed by atoms with Gasteiger partial charge in [0.25, 0.3) is 5.76 Å². The molecule has 0 bridgehead atoms. The molecule has 126 valence electrons. The number of alkyl carbamates (subject to hydrolysis) is 1. The van der Waals surface area contributed by atoms with E-state index in [4.69, 9.17) is 15.6 Å². The number of hydrogen-bond acceptors (Lipinski definition) is 3. The number of benzene rings is 2. The summed E-state index contributed by atoms with van der Waals surface area (Å²) in [4.78, 5) is 12.0. The highest BCUT2D eigenvalue weighted by molar-refractivity contribution is 9.10. The summed E-state index contributed by atoms with van der Waals surface area (Å²) in [6.45, 7) is 1.87. The molecule has 2 aromatic carbocycles. The van der Waals surface area contributed by atoms with Crippen LogP contribution in [0.2, 0.25) is 0 Å². The molecular formula is C18H20BrN2O3+. The Bertz CT molecular complexity index is 713. The molecule has 0 aliphatic heterocycles. The minimum Gasteiger partial charge on any atom is -0.592 e. The number of amides is 1. The van der Waals surface area contributed by atoms with Crippen LogP contribution in [0, 0.1) is 0 Å². The predicted octanol–water partition coefficient (Wildman–Crippen LogP) is 3.12. The molecule has 0 fully saturated rings. The molecular weight excluding hydrogens is 372 g/mol. The van der Waals surface area contributed by atoms with E-state index in [2.05, 4.69) is 21.2 Å². The second-order valence-electron chi connectivity index (χ2n) is 5.27. The van der Waals surface area contributed by atoms with E-state index in [0.717, 1.165) is 10.0 Å². The third kappa shape index (κ3) is 5.11. The van der Waals surface area contributed by atoms with E-state index in [1.807, 2.05) is 42.5 Å². The number of nitrogens with two attached hydrogens (primary N) is 1. The van der Waals surface area contributed by atoms with Crippen molar-refractivity contribution < 1.29 is 14.6 Å². The monoisotopic (exact) mass is 391 g/mol. The molecule has 5 nitrogen and oxygen atoms in total. The number of rotatable bonds is 5. The molecule has 0 saturated carbocycles. The van der Waals surface area contributed by atoms with Crippen molar-refractivity contribution in [3.63, 3.8) is 0 Å². The summed E-state index contributed by atoms with van der Waals surface area (Å²) in [5.74, 6) is 0.161. The standard InChI is InChI=1S/C18H19BrN2O3/c1-12(20)16(17(22)14-7-9-15(19)10-8-14)21-18(23)24-11-13-5-3-2-4-6-13/h2-10,12,22H,11,20H2,1H3,(H,21,23)/p+1/b17-16+. The van der Waals surface area contributed by atoms with E-state index in [0.29, 0.717) is 11.3 Å². The van der Waals surface area contributed by atoms with Crippen molar-refractivity contribution in [1.82, 2.24) is 5.32 Å². The molecule has 0 aliphatic rings. The second-order valence-corrected chi connectivity index (χ2v) is 6.19. The molecule has 0 saturated heterocycles. The molecule has 0 aliphatic carbocycles. The van der Waals surface area contributed by atoms with Crippen molar-refractivity contribution in [3.05, 3.63) is 75.9 Å². The lowest BCUT2D eigenvalue weighted by Crippen LogP contribution is -2.34. The molecule has 2 rings (SSSR count). The first-order chi connectivity index (χ1) is 11.5. The van der Waals surface area contributed by atoms with E-state index in [-0.39, 0.29) is 12.4 Å². The molecule has 5 N–H and O–H groups in total. The fourth-order valence-electron chi connectivity index (χ4n) is 2.05. The SMILES string of the molecule is CC(N)/C(NC(=O)OCc1ccccc1)=C(\[OH2+])c1ccc(Br)cc1. The molecule has 0 spiro atoms. The molecule has 1 unspecified atom stereocenters. The van der Waals surface area contributed by atoms with Crippen molar-refractivity contribution in [2.45, 2.75) is 19.6 Å². The molecule has 1 amide bonds. The van der Waals surface area contributed by atoms with Gasteiger partial charge in [0.05, 0.1) is 11.6 Å². The van der Waals surface area contributed by atoms with Gasteiger partial charge in [0.1, 0.15) is 12.3 Å². The van der Waals surface area contributed by atoms with Crippen molar-refractivity contribution in [1.29, 1.82) is 0 Å². The maximum atomic E-state index is 12.0. The average molecular weight is 392 g/mol. The summed E-state index contributed by atoms with van der Waals surface area (Å²) < 4.78 is 6.10. The van der Waals surface area contributed by atoms with E-state index in [1.165, 1.54) is 0 Å². The Balaban J connectivity index is 2.08. The van der Waals surface area contributed by atoms with Gasteiger partial charge in [-0.25, -0.2) is 4.79 Å². The zero-order valence-electron chi connectivity index (χ0n) is 13.3. The van der Waals surface area contributed by atoms with Gasteiger partial charge in [-0.1, -0.05) is 46.3 Å². The highest BCUT2D eigenvalue weighted by Crippen LogP contribution is 2.19. The summed E-state index contributed by atoms with van der Waals surface area (Å²) in [5, 5.41) is 10.9. The maximum Gasteiger partial charge on any atom is 0.412 e. The van der Waals surface area contributed by atoms with E-state index in [9.17, 15) is 4.79 Å². The van der Waals surface area contributed by atoms with Crippen LogP contribution in [-0.2, 0) is 11.3 Å². The van der Waals surface area contributed by atoms with Gasteiger partial charge in [-0.05, 0) is 36.8 Å². The first-order valence-corrected chi connectivity index (χ1v) is 8.21. The van der Waals surface area contributed by atoms with Crippen LogP contribution in [0.15, 0.2) is 64.8 Å². The third-order valence-corrected chi connectivity index (χ3v) is 3.84. The Morgan fingerprint density at radius 3 is 2.42 bits per heavy atom. The van der Waals surface area contributed by atoms with Gasteiger partial charge in [0, 0.05) is 4.47 Å². The van der Waals surface area contributed by atoms with Crippen LogP contribution in [0.3, 0.4) is 0 Å². The second kappa shape index (κ2) is 8.52. The Labute approximate surface area is 149 Å². The van der Waals surface area contributed by atoms with Crippen molar-refractivity contribution >= 4 is 27.8 Å². The summed E-state index contributed by atoms with van der Waals surface area (Å²) >= 11 is 3.35. The zero-order chi connectivity index (χ0) is 17.5. The lowest BCUT2D eigenvalue weighted by atomic mass is 10.1. The van der Waals surface area contributed by atoms with Crippen LogP contribution in [0.25, 0.3) is 5.76 Å². The van der Waals surface area contributed by atoms with Gasteiger partial charge in [0.15, 0.2) is 0 Å². The first-order valence-electron chi connectivity index (χ1n) is 7.42. The van der Waals surface area contributed by atoms with Gasteiger partial charge in [-0.15, -0.1) is 0 Å². The Morgan fingerprint density at radius 2 is 1.83 bits per heavy atom. The fourth-order valence-corrected chi connectivity index (χ4v) is 2.31. The number of carbonyl (C=O) groups is 1. The van der Waals surface area contributed by atoms with Gasteiger partial charge in [-0.3, -0.25) is 5.32 Å². The van der Waals surface area contributed by atoms with Gasteiger partial charge in [-0.2, -0.15) is 0 Å². The van der Waals surface area contributed by atoms with Gasteiger partial charge < -0.3 is 15.6 Å². The lowest BCUT2D eigenvalue weighted by molar-refractivity contribution is 0.142. The van der Waals surface area contributed by atoms with E-state index < -0.39 is 12.1 Å². The Kier molecular flexibility index (Phi) is 6.40. The fraction of sp³-hybridized carbons (Fsp3) is 0.167. The van der Waals surface area contributed by atoms with Crippen molar-refractivity contribution in [2.24, 2.45) is 5.73 Å². The quantitative estimate of drug-likeness (QED) is 0.606. The van der Waals surface area contributed by atoms with E-state index in [1.54, 1.807) is 19.1 Å². The highest BCUT2D eigenvalue weighted by Gasteiger charge is 2.20. The average Bonchev–Trinajstić information content (AvgIpc) is 2.58. The van der Waals surface area contributed by atoms with Gasteiger partial charge >= 0.3 is 6.09 Å². The molecule has 24 heavy (non-hydrogen) atoms.